The molecule has 52 heavy (non-hydrogen) atoms. The van der Waals surface area contributed by atoms with E-state index in [0.717, 1.165) is 102 Å². The molecule has 3 aromatic carbocycles. The van der Waals surface area contributed by atoms with Gasteiger partial charge in [-0.15, -0.1) is 0 Å². The van der Waals surface area contributed by atoms with Crippen LogP contribution in [0.15, 0.2) is 66.9 Å². The number of hydrogen-bond acceptors (Lipinski definition) is 7. The molecule has 2 amide bonds. The number of methoxy groups -OCH3 is 2. The van der Waals surface area contributed by atoms with Gasteiger partial charge in [-0.2, -0.15) is 0 Å². The van der Waals surface area contributed by atoms with E-state index in [4.69, 9.17) is 32.7 Å². The molecule has 11 heteroatoms. The standard InChI is InChI=1S/C41H47Cl2N5O4/c1-26(49)47-18-13-32(14-19-47)45-24-30-10-8-28(22-37(30)51-3)34-6-5-7-35(39(34)42)36-12-17-44-41(40(36)43)29-9-11-31(38(23-29)52-4)25-46-33-15-20-48(21-16-33)27(2)50/h5-12,17,22-23,32-33,45-46H,13-16,18-21,24-25H2,1-4H3. The minimum absolute atomic E-state index is 0.136. The molecule has 0 atom stereocenters. The van der Waals surface area contributed by atoms with Crippen LogP contribution in [0.2, 0.25) is 10.0 Å². The molecule has 1 aromatic heterocycles. The molecule has 4 aromatic rings. The summed E-state index contributed by atoms with van der Waals surface area (Å²) in [6.45, 7) is 7.70. The van der Waals surface area contributed by atoms with Crippen LogP contribution in [0.5, 0.6) is 11.5 Å². The molecule has 3 heterocycles. The summed E-state index contributed by atoms with van der Waals surface area (Å²) in [5.74, 6) is 1.81. The lowest BCUT2D eigenvalue weighted by atomic mass is 9.96. The molecule has 0 saturated carbocycles. The lowest BCUT2D eigenvalue weighted by Gasteiger charge is -2.32. The summed E-state index contributed by atoms with van der Waals surface area (Å²) in [7, 11) is 3.35. The van der Waals surface area contributed by atoms with E-state index >= 15 is 0 Å². The maximum absolute atomic E-state index is 11.7. The molecule has 2 aliphatic heterocycles. The number of carbonyl (C=O) groups excluding carboxylic acids is 2. The van der Waals surface area contributed by atoms with Gasteiger partial charge in [0.15, 0.2) is 0 Å². The Hall–Kier alpha value is -4.15. The largest absolute Gasteiger partial charge is 0.496 e. The minimum atomic E-state index is 0.136. The summed E-state index contributed by atoms with van der Waals surface area (Å²) in [5, 5.41) is 8.37. The van der Waals surface area contributed by atoms with Gasteiger partial charge in [-0.1, -0.05) is 65.7 Å². The fourth-order valence-electron chi connectivity index (χ4n) is 7.22. The predicted octanol–water partition coefficient (Wildman–Crippen LogP) is 7.61. The van der Waals surface area contributed by atoms with Crippen molar-refractivity contribution in [3.8, 4) is 45.0 Å². The number of nitrogens with one attached hydrogen (secondary N) is 2. The van der Waals surface area contributed by atoms with Crippen molar-refractivity contribution in [2.24, 2.45) is 0 Å². The van der Waals surface area contributed by atoms with Crippen LogP contribution in [0.4, 0.5) is 0 Å². The number of carbonyl (C=O) groups is 2. The first-order chi connectivity index (χ1) is 25.2. The van der Waals surface area contributed by atoms with E-state index in [-0.39, 0.29) is 11.8 Å². The highest BCUT2D eigenvalue weighted by atomic mass is 35.5. The minimum Gasteiger partial charge on any atom is -0.496 e. The van der Waals surface area contributed by atoms with Gasteiger partial charge in [-0.25, -0.2) is 0 Å². The quantitative estimate of drug-likeness (QED) is 0.163. The normalized spacial score (nSPS) is 15.5. The Morgan fingerprint density at radius 1 is 0.692 bits per heavy atom. The summed E-state index contributed by atoms with van der Waals surface area (Å²) in [6, 6.07) is 20.8. The van der Waals surface area contributed by atoms with Crippen molar-refractivity contribution < 1.29 is 19.1 Å². The Labute approximate surface area is 316 Å². The summed E-state index contributed by atoms with van der Waals surface area (Å²) >= 11 is 14.3. The van der Waals surface area contributed by atoms with Crippen molar-refractivity contribution in [1.29, 1.82) is 0 Å². The SMILES string of the molecule is COc1cc(-c2cccc(-c3ccnc(-c4ccc(CNC5CCN(C(C)=O)CC5)c(OC)c4)c3Cl)c2Cl)ccc1CNC1CCN(C(C)=O)CC1. The van der Waals surface area contributed by atoms with Gasteiger partial charge in [0.2, 0.25) is 11.8 Å². The summed E-state index contributed by atoms with van der Waals surface area (Å²) < 4.78 is 11.6. The number of ether oxygens (including phenoxy) is 2. The van der Waals surface area contributed by atoms with Gasteiger partial charge in [0.1, 0.15) is 11.5 Å². The number of halogens is 2. The number of likely N-dealkylation sites (tertiary alicyclic amines) is 2. The van der Waals surface area contributed by atoms with Crippen LogP contribution in [-0.4, -0.2) is 79.1 Å². The molecule has 0 aliphatic carbocycles. The van der Waals surface area contributed by atoms with Crippen LogP contribution in [0.3, 0.4) is 0 Å². The Morgan fingerprint density at radius 2 is 1.17 bits per heavy atom. The lowest BCUT2D eigenvalue weighted by Crippen LogP contribution is -2.43. The zero-order valence-electron chi connectivity index (χ0n) is 30.3. The highest BCUT2D eigenvalue weighted by Gasteiger charge is 2.23. The molecule has 0 spiro atoms. The number of nitrogens with zero attached hydrogens (tertiary/aromatic N) is 3. The van der Waals surface area contributed by atoms with Crippen LogP contribution in [0.1, 0.15) is 50.7 Å². The second-order valence-electron chi connectivity index (χ2n) is 13.6. The van der Waals surface area contributed by atoms with Crippen molar-refractivity contribution in [2.45, 2.75) is 64.7 Å². The van der Waals surface area contributed by atoms with Gasteiger partial charge in [-0.3, -0.25) is 14.6 Å². The molecular formula is C41H47Cl2N5O4. The van der Waals surface area contributed by atoms with Crippen molar-refractivity contribution in [3.63, 3.8) is 0 Å². The Bertz CT molecular complexity index is 1770. The average Bonchev–Trinajstić information content (AvgIpc) is 3.17. The second-order valence-corrected chi connectivity index (χ2v) is 14.3. The smallest absolute Gasteiger partial charge is 0.219 e. The van der Waals surface area contributed by atoms with Crippen molar-refractivity contribution in [2.75, 3.05) is 40.4 Å². The first kappa shape index (κ1) is 37.6. The molecule has 274 valence electrons. The van der Waals surface area contributed by atoms with E-state index in [1.807, 2.05) is 58.3 Å². The lowest BCUT2D eigenvalue weighted by molar-refractivity contribution is -0.130. The van der Waals surface area contributed by atoms with Crippen LogP contribution in [-0.2, 0) is 22.7 Å². The van der Waals surface area contributed by atoms with E-state index in [0.29, 0.717) is 40.9 Å². The Morgan fingerprint density at radius 3 is 1.69 bits per heavy atom. The average molecular weight is 745 g/mol. The number of pyridine rings is 1. The molecule has 2 saturated heterocycles. The maximum Gasteiger partial charge on any atom is 0.219 e. The number of amides is 2. The third-order valence-corrected chi connectivity index (χ3v) is 11.2. The van der Waals surface area contributed by atoms with Gasteiger partial charge in [-0.05, 0) is 49.4 Å². The predicted molar refractivity (Wildman–Crippen MR) is 208 cm³/mol. The third-order valence-electron chi connectivity index (χ3n) is 10.4. The van der Waals surface area contributed by atoms with Gasteiger partial charge < -0.3 is 29.9 Å². The molecule has 2 aliphatic rings. The number of aromatic nitrogens is 1. The maximum atomic E-state index is 11.7. The molecule has 0 radical (unpaired) electrons. The summed E-state index contributed by atoms with van der Waals surface area (Å²) in [5.41, 5.74) is 6.96. The number of benzene rings is 3. The zero-order valence-corrected chi connectivity index (χ0v) is 31.8. The zero-order chi connectivity index (χ0) is 36.8. The van der Waals surface area contributed by atoms with Crippen molar-refractivity contribution in [1.82, 2.24) is 25.4 Å². The molecule has 0 unspecified atom stereocenters. The van der Waals surface area contributed by atoms with Gasteiger partial charge in [0.05, 0.1) is 30.0 Å². The highest BCUT2D eigenvalue weighted by molar-refractivity contribution is 6.39. The summed E-state index contributed by atoms with van der Waals surface area (Å²) in [6.07, 6.45) is 5.47. The van der Waals surface area contributed by atoms with Crippen LogP contribution in [0, 0.1) is 0 Å². The van der Waals surface area contributed by atoms with E-state index in [9.17, 15) is 9.59 Å². The molecular weight excluding hydrogens is 697 g/mol. The molecule has 2 N–H and O–H groups in total. The van der Waals surface area contributed by atoms with Gasteiger partial charge in [0, 0.05) is 105 Å². The summed E-state index contributed by atoms with van der Waals surface area (Å²) in [4.78, 5) is 31.9. The molecule has 6 rings (SSSR count). The topological polar surface area (TPSA) is 96.0 Å². The third kappa shape index (κ3) is 8.55. The molecule has 2 fully saturated rings. The van der Waals surface area contributed by atoms with E-state index in [1.165, 1.54) is 0 Å². The second kappa shape index (κ2) is 17.1. The van der Waals surface area contributed by atoms with Crippen molar-refractivity contribution in [3.05, 3.63) is 88.0 Å². The van der Waals surface area contributed by atoms with Gasteiger partial charge >= 0.3 is 0 Å². The van der Waals surface area contributed by atoms with Gasteiger partial charge in [0.25, 0.3) is 0 Å². The van der Waals surface area contributed by atoms with Crippen LogP contribution >= 0.6 is 23.2 Å². The highest BCUT2D eigenvalue weighted by Crippen LogP contribution is 2.43. The van der Waals surface area contributed by atoms with E-state index < -0.39 is 0 Å². The fraction of sp³-hybridized carbons (Fsp3) is 0.390. The van der Waals surface area contributed by atoms with Crippen molar-refractivity contribution >= 4 is 35.0 Å². The first-order valence-electron chi connectivity index (χ1n) is 17.9. The first-order valence-corrected chi connectivity index (χ1v) is 18.7. The molecule has 0 bridgehead atoms. The van der Waals surface area contributed by atoms with E-state index in [1.54, 1.807) is 34.3 Å². The fourth-order valence-corrected chi connectivity index (χ4v) is 7.88. The number of rotatable bonds is 11. The Kier molecular flexibility index (Phi) is 12.4. The van der Waals surface area contributed by atoms with E-state index in [2.05, 4.69) is 27.8 Å². The van der Waals surface area contributed by atoms with Crippen LogP contribution in [0.25, 0.3) is 33.5 Å². The molecule has 9 nitrogen and oxygen atoms in total. The number of hydrogen-bond donors (Lipinski definition) is 2. The monoisotopic (exact) mass is 743 g/mol. The van der Waals surface area contributed by atoms with Crippen LogP contribution < -0.4 is 20.1 Å². The number of piperidine rings is 2. The Balaban J connectivity index is 1.18.